The predicted octanol–water partition coefficient (Wildman–Crippen LogP) is -2.60. The van der Waals surface area contributed by atoms with Gasteiger partial charge in [0, 0.05) is 31.2 Å². The number of aromatic amines is 1. The molecule has 4 unspecified atom stereocenters. The standard InChI is InChI=1S/C22H36N8O7/c1-11(2)7-15(20(34)28-14(22(36)37)4-6-18(25)32)30-21(35)16(8-12-9-26-10-27-12)29-19(33)13(23)3-5-17(24)31/h9-11,13-16H,3-8,23H2,1-2H3,(H2,24,31)(H2,25,32)(H,26,27)(H,28,34)(H,29,33)(H,30,35)(H,36,37). The number of hydrogen-bond donors (Lipinski definition) is 8. The van der Waals surface area contributed by atoms with Crippen molar-refractivity contribution in [3.63, 3.8) is 0 Å². The summed E-state index contributed by atoms with van der Waals surface area (Å²) in [5.74, 6) is -5.00. The Hall–Kier alpha value is -4.01. The number of nitrogens with zero attached hydrogens (tertiary/aromatic N) is 1. The highest BCUT2D eigenvalue weighted by Gasteiger charge is 2.31. The molecule has 11 N–H and O–H groups in total. The van der Waals surface area contributed by atoms with Gasteiger partial charge < -0.3 is 43.2 Å². The summed E-state index contributed by atoms with van der Waals surface area (Å²) in [6.45, 7) is 3.60. The first-order valence-corrected chi connectivity index (χ1v) is 11.7. The fourth-order valence-electron chi connectivity index (χ4n) is 3.32. The lowest BCUT2D eigenvalue weighted by molar-refractivity contribution is -0.142. The van der Waals surface area contributed by atoms with Crippen LogP contribution in [0.25, 0.3) is 0 Å². The number of hydrogen-bond acceptors (Lipinski definition) is 8. The van der Waals surface area contributed by atoms with Gasteiger partial charge in [0.15, 0.2) is 0 Å². The van der Waals surface area contributed by atoms with Gasteiger partial charge in [-0.3, -0.25) is 24.0 Å². The van der Waals surface area contributed by atoms with E-state index in [1.54, 1.807) is 13.8 Å². The molecule has 0 fully saturated rings. The number of carboxylic acid groups (broad SMARTS) is 1. The number of imidazole rings is 1. The van der Waals surface area contributed by atoms with Gasteiger partial charge in [0.05, 0.1) is 12.4 Å². The molecule has 0 radical (unpaired) electrons. The van der Waals surface area contributed by atoms with E-state index in [1.165, 1.54) is 12.5 Å². The van der Waals surface area contributed by atoms with Crippen LogP contribution >= 0.6 is 0 Å². The van der Waals surface area contributed by atoms with E-state index in [2.05, 4.69) is 25.9 Å². The molecule has 0 aliphatic rings. The highest BCUT2D eigenvalue weighted by molar-refractivity contribution is 5.94. The maximum Gasteiger partial charge on any atom is 0.326 e. The van der Waals surface area contributed by atoms with Crippen LogP contribution in [-0.2, 0) is 35.2 Å². The van der Waals surface area contributed by atoms with Crippen LogP contribution in [0, 0.1) is 5.92 Å². The van der Waals surface area contributed by atoms with Crippen molar-refractivity contribution in [3.8, 4) is 0 Å². The first kappa shape index (κ1) is 31.0. The predicted molar refractivity (Wildman–Crippen MR) is 130 cm³/mol. The molecule has 15 heteroatoms. The Balaban J connectivity index is 3.03. The number of aromatic nitrogens is 2. The average Bonchev–Trinajstić information content (AvgIpc) is 3.31. The number of carbonyl (C=O) groups excluding carboxylic acids is 5. The number of primary amides is 2. The SMILES string of the molecule is CC(C)CC(NC(=O)C(Cc1cnc[nH]1)NC(=O)C(N)CCC(N)=O)C(=O)NC(CCC(N)=O)C(=O)O. The summed E-state index contributed by atoms with van der Waals surface area (Å²) >= 11 is 0. The largest absolute Gasteiger partial charge is 0.480 e. The Morgan fingerprint density at radius 3 is 1.95 bits per heavy atom. The normalized spacial score (nSPS) is 14.2. The second kappa shape index (κ2) is 15.2. The molecule has 37 heavy (non-hydrogen) atoms. The molecule has 0 saturated carbocycles. The highest BCUT2D eigenvalue weighted by atomic mass is 16.4. The first-order valence-electron chi connectivity index (χ1n) is 11.7. The minimum Gasteiger partial charge on any atom is -0.480 e. The van der Waals surface area contributed by atoms with Gasteiger partial charge in [-0.25, -0.2) is 9.78 Å². The van der Waals surface area contributed by atoms with Gasteiger partial charge >= 0.3 is 5.97 Å². The van der Waals surface area contributed by atoms with E-state index >= 15 is 0 Å². The number of nitrogens with one attached hydrogen (secondary N) is 4. The van der Waals surface area contributed by atoms with E-state index in [1.807, 2.05) is 0 Å². The summed E-state index contributed by atoms with van der Waals surface area (Å²) in [5.41, 5.74) is 16.5. The van der Waals surface area contributed by atoms with Crippen LogP contribution in [0.3, 0.4) is 0 Å². The minimum atomic E-state index is -1.39. The smallest absolute Gasteiger partial charge is 0.326 e. The third-order valence-electron chi connectivity index (χ3n) is 5.28. The summed E-state index contributed by atoms with van der Waals surface area (Å²) < 4.78 is 0. The van der Waals surface area contributed by atoms with Gasteiger partial charge in [-0.2, -0.15) is 0 Å². The fourth-order valence-corrected chi connectivity index (χ4v) is 3.32. The van der Waals surface area contributed by atoms with Crippen molar-refractivity contribution in [2.75, 3.05) is 0 Å². The Morgan fingerprint density at radius 2 is 1.43 bits per heavy atom. The van der Waals surface area contributed by atoms with Crippen LogP contribution in [0.2, 0.25) is 0 Å². The van der Waals surface area contributed by atoms with Crippen molar-refractivity contribution in [1.82, 2.24) is 25.9 Å². The van der Waals surface area contributed by atoms with Gasteiger partial charge in [-0.1, -0.05) is 13.8 Å². The van der Waals surface area contributed by atoms with Crippen molar-refractivity contribution in [2.24, 2.45) is 23.1 Å². The molecule has 1 aromatic rings. The molecule has 15 nitrogen and oxygen atoms in total. The zero-order valence-electron chi connectivity index (χ0n) is 20.9. The molecule has 0 spiro atoms. The van der Waals surface area contributed by atoms with Crippen LogP contribution in [0.15, 0.2) is 12.5 Å². The lowest BCUT2D eigenvalue weighted by atomic mass is 10.0. The Bertz CT molecular complexity index is 951. The molecule has 0 aliphatic carbocycles. The van der Waals surface area contributed by atoms with Crippen molar-refractivity contribution >= 4 is 35.5 Å². The van der Waals surface area contributed by atoms with Crippen LogP contribution in [0.5, 0.6) is 0 Å². The number of aliphatic carboxylic acids is 1. The Kier molecular flexibility index (Phi) is 12.7. The molecule has 5 amide bonds. The number of nitrogens with two attached hydrogens (primary N) is 3. The number of H-pyrrole nitrogens is 1. The zero-order valence-corrected chi connectivity index (χ0v) is 20.9. The van der Waals surface area contributed by atoms with E-state index in [0.717, 1.165) is 0 Å². The molecule has 1 aromatic heterocycles. The molecule has 1 rings (SSSR count). The lowest BCUT2D eigenvalue weighted by Gasteiger charge is -2.26. The number of carboxylic acids is 1. The third kappa shape index (κ3) is 12.0. The van der Waals surface area contributed by atoms with Crippen LogP contribution < -0.4 is 33.2 Å². The summed E-state index contributed by atoms with van der Waals surface area (Å²) in [5, 5.41) is 16.8. The topological polar surface area (TPSA) is 265 Å². The fraction of sp³-hybridized carbons (Fsp3) is 0.591. The quantitative estimate of drug-likeness (QED) is 0.106. The number of rotatable bonds is 17. The van der Waals surface area contributed by atoms with E-state index in [4.69, 9.17) is 17.2 Å². The van der Waals surface area contributed by atoms with Gasteiger partial charge in [-0.05, 0) is 25.2 Å². The molecular weight excluding hydrogens is 488 g/mol. The third-order valence-corrected chi connectivity index (χ3v) is 5.28. The average molecular weight is 525 g/mol. The van der Waals surface area contributed by atoms with Crippen molar-refractivity contribution in [1.29, 1.82) is 0 Å². The van der Waals surface area contributed by atoms with Crippen molar-refractivity contribution < 1.29 is 33.9 Å². The minimum absolute atomic E-state index is 0.0213. The van der Waals surface area contributed by atoms with Crippen molar-refractivity contribution in [2.45, 2.75) is 76.5 Å². The van der Waals surface area contributed by atoms with E-state index in [-0.39, 0.29) is 44.4 Å². The summed E-state index contributed by atoms with van der Waals surface area (Å²) in [4.78, 5) is 78.9. The zero-order chi connectivity index (χ0) is 28.1. The Morgan fingerprint density at radius 1 is 0.892 bits per heavy atom. The maximum absolute atomic E-state index is 13.2. The molecule has 0 aromatic carbocycles. The first-order chi connectivity index (χ1) is 17.3. The van der Waals surface area contributed by atoms with Gasteiger partial charge in [0.2, 0.25) is 29.5 Å². The monoisotopic (exact) mass is 524 g/mol. The molecular formula is C22H36N8O7. The molecule has 0 bridgehead atoms. The molecule has 0 saturated heterocycles. The van der Waals surface area contributed by atoms with E-state index in [9.17, 15) is 33.9 Å². The maximum atomic E-state index is 13.2. The molecule has 206 valence electrons. The van der Waals surface area contributed by atoms with Crippen LogP contribution in [0.1, 0.15) is 51.6 Å². The second-order valence-electron chi connectivity index (χ2n) is 9.05. The summed E-state index contributed by atoms with van der Waals surface area (Å²) in [6.07, 6.45) is 2.34. The highest BCUT2D eigenvalue weighted by Crippen LogP contribution is 2.09. The lowest BCUT2D eigenvalue weighted by Crippen LogP contribution is -2.58. The molecule has 4 atom stereocenters. The molecule has 1 heterocycles. The van der Waals surface area contributed by atoms with Gasteiger partial charge in [-0.15, -0.1) is 0 Å². The van der Waals surface area contributed by atoms with Crippen LogP contribution in [0.4, 0.5) is 0 Å². The van der Waals surface area contributed by atoms with E-state index in [0.29, 0.717) is 5.69 Å². The summed E-state index contributed by atoms with van der Waals surface area (Å²) in [7, 11) is 0. The number of carbonyl (C=O) groups is 6. The van der Waals surface area contributed by atoms with Gasteiger partial charge in [0.1, 0.15) is 18.1 Å². The number of amides is 5. The van der Waals surface area contributed by atoms with Crippen molar-refractivity contribution in [3.05, 3.63) is 18.2 Å². The molecule has 0 aliphatic heterocycles. The second-order valence-corrected chi connectivity index (χ2v) is 9.05. The Labute approximate surface area is 213 Å². The summed E-state index contributed by atoms with van der Waals surface area (Å²) in [6, 6.07) is -4.83. The van der Waals surface area contributed by atoms with Crippen LogP contribution in [-0.4, -0.2) is 74.7 Å². The van der Waals surface area contributed by atoms with Gasteiger partial charge in [0.25, 0.3) is 0 Å². The van der Waals surface area contributed by atoms with E-state index < -0.39 is 59.7 Å².